The first-order chi connectivity index (χ1) is 14.2. The molecule has 0 saturated heterocycles. The Morgan fingerprint density at radius 2 is 1.97 bits per heavy atom. The van der Waals surface area contributed by atoms with Gasteiger partial charge in [-0.3, -0.25) is 0 Å². The summed E-state index contributed by atoms with van der Waals surface area (Å²) in [7, 11) is 1.70. The third-order valence-corrected chi connectivity index (χ3v) is 5.50. The summed E-state index contributed by atoms with van der Waals surface area (Å²) in [5.74, 6) is 3.26. The van der Waals surface area contributed by atoms with Crippen LogP contribution < -0.4 is 24.3 Å². The molecule has 1 unspecified atom stereocenters. The molecule has 0 aliphatic carbocycles. The van der Waals surface area contributed by atoms with E-state index in [0.717, 1.165) is 61.0 Å². The van der Waals surface area contributed by atoms with Gasteiger partial charge < -0.3 is 24.3 Å². The van der Waals surface area contributed by atoms with Crippen LogP contribution in [0.5, 0.6) is 23.0 Å². The highest BCUT2D eigenvalue weighted by Crippen LogP contribution is 2.37. The van der Waals surface area contributed by atoms with Crippen LogP contribution in [0.1, 0.15) is 48.1 Å². The molecule has 4 rings (SSSR count). The first kappa shape index (κ1) is 19.6. The first-order valence-corrected chi connectivity index (χ1v) is 10.3. The highest BCUT2D eigenvalue weighted by atomic mass is 16.7. The van der Waals surface area contributed by atoms with E-state index in [0.29, 0.717) is 6.79 Å². The molecule has 2 aliphatic rings. The van der Waals surface area contributed by atoms with Crippen molar-refractivity contribution >= 4 is 6.08 Å². The maximum Gasteiger partial charge on any atom is 0.231 e. The minimum Gasteiger partial charge on any atom is -0.493 e. The van der Waals surface area contributed by atoms with Crippen LogP contribution in [0.4, 0.5) is 0 Å². The molecular formula is C24H29NO4. The topological polar surface area (TPSA) is 49.0 Å². The Balaban J connectivity index is 1.59. The Hall–Kier alpha value is -2.66. The van der Waals surface area contributed by atoms with E-state index in [4.69, 9.17) is 18.9 Å². The lowest BCUT2D eigenvalue weighted by molar-refractivity contribution is 0.174. The molecule has 0 radical (unpaired) electrons. The van der Waals surface area contributed by atoms with Gasteiger partial charge in [0.2, 0.25) is 6.79 Å². The van der Waals surface area contributed by atoms with Gasteiger partial charge in [-0.05, 0) is 66.3 Å². The molecule has 0 amide bonds. The van der Waals surface area contributed by atoms with Gasteiger partial charge in [-0.2, -0.15) is 0 Å². The molecule has 2 heterocycles. The second-order valence-corrected chi connectivity index (χ2v) is 7.51. The molecule has 154 valence electrons. The Morgan fingerprint density at radius 1 is 1.14 bits per heavy atom. The van der Waals surface area contributed by atoms with Crippen molar-refractivity contribution in [3.63, 3.8) is 0 Å². The number of hydrogen-bond donors (Lipinski definition) is 1. The van der Waals surface area contributed by atoms with Gasteiger partial charge in [-0.25, -0.2) is 0 Å². The van der Waals surface area contributed by atoms with Crippen LogP contribution in [-0.2, 0) is 6.42 Å². The maximum absolute atomic E-state index is 5.97. The quantitative estimate of drug-likeness (QED) is 0.682. The fourth-order valence-electron chi connectivity index (χ4n) is 3.81. The summed E-state index contributed by atoms with van der Waals surface area (Å²) in [5.41, 5.74) is 4.85. The van der Waals surface area contributed by atoms with Crippen molar-refractivity contribution in [1.82, 2.24) is 5.32 Å². The van der Waals surface area contributed by atoms with E-state index in [2.05, 4.69) is 43.4 Å². The largest absolute Gasteiger partial charge is 0.493 e. The van der Waals surface area contributed by atoms with Crippen molar-refractivity contribution in [2.24, 2.45) is 0 Å². The number of aryl methyl sites for hydroxylation is 1. The molecule has 5 nitrogen and oxygen atoms in total. The predicted octanol–water partition coefficient (Wildman–Crippen LogP) is 4.81. The highest BCUT2D eigenvalue weighted by Gasteiger charge is 2.21. The highest BCUT2D eigenvalue weighted by molar-refractivity contribution is 5.62. The van der Waals surface area contributed by atoms with Gasteiger partial charge in [0, 0.05) is 6.54 Å². The van der Waals surface area contributed by atoms with Gasteiger partial charge in [0.25, 0.3) is 0 Å². The fourth-order valence-corrected chi connectivity index (χ4v) is 3.81. The van der Waals surface area contributed by atoms with E-state index in [9.17, 15) is 0 Å². The average molecular weight is 395 g/mol. The lowest BCUT2D eigenvalue weighted by Gasteiger charge is -2.26. The minimum absolute atomic E-state index is 0.127. The van der Waals surface area contributed by atoms with Crippen molar-refractivity contribution in [3.05, 3.63) is 52.6 Å². The average Bonchev–Trinajstić information content (AvgIpc) is 3.18. The minimum atomic E-state index is 0.127. The lowest BCUT2D eigenvalue weighted by Crippen LogP contribution is -2.28. The van der Waals surface area contributed by atoms with Crippen LogP contribution in [0.3, 0.4) is 0 Å². The molecule has 0 spiro atoms. The molecule has 0 bridgehead atoms. The smallest absolute Gasteiger partial charge is 0.231 e. The summed E-state index contributed by atoms with van der Waals surface area (Å²) in [4.78, 5) is 0. The van der Waals surface area contributed by atoms with Gasteiger partial charge >= 0.3 is 0 Å². The molecule has 0 fully saturated rings. The number of methoxy groups -OCH3 is 1. The number of nitrogens with one attached hydrogen (secondary N) is 1. The van der Waals surface area contributed by atoms with Crippen LogP contribution in [0.15, 0.2) is 30.3 Å². The SMILES string of the molecule is CCCCOc1cc2c(cc1OC)C(/C=C/c1cc3c(cc1C)OCO3)NCC2. The summed E-state index contributed by atoms with van der Waals surface area (Å²) < 4.78 is 22.6. The standard InChI is InChI=1S/C24H29NO4/c1-4-5-10-27-23-13-18-8-9-25-20(19(18)14-21(23)26-3)7-6-17-12-24-22(11-16(17)2)28-15-29-24/h6-7,11-14,20,25H,4-5,8-10,15H2,1-3H3/b7-6+. The number of hydrogen-bond acceptors (Lipinski definition) is 5. The summed E-state index contributed by atoms with van der Waals surface area (Å²) in [6.07, 6.45) is 7.50. The first-order valence-electron chi connectivity index (χ1n) is 10.3. The van der Waals surface area contributed by atoms with E-state index in [1.165, 1.54) is 16.7 Å². The van der Waals surface area contributed by atoms with Gasteiger partial charge in [0.05, 0.1) is 19.8 Å². The van der Waals surface area contributed by atoms with E-state index in [1.807, 2.05) is 12.1 Å². The van der Waals surface area contributed by atoms with Crippen LogP contribution in [0.25, 0.3) is 6.08 Å². The van der Waals surface area contributed by atoms with Crippen molar-refractivity contribution in [2.45, 2.75) is 39.2 Å². The van der Waals surface area contributed by atoms with E-state index in [1.54, 1.807) is 7.11 Å². The molecule has 1 N–H and O–H groups in total. The molecular weight excluding hydrogens is 366 g/mol. The summed E-state index contributed by atoms with van der Waals surface area (Å²) >= 11 is 0. The summed E-state index contributed by atoms with van der Waals surface area (Å²) in [6.45, 7) is 6.20. The summed E-state index contributed by atoms with van der Waals surface area (Å²) in [6, 6.07) is 8.47. The van der Waals surface area contributed by atoms with E-state index < -0.39 is 0 Å². The lowest BCUT2D eigenvalue weighted by atomic mass is 9.92. The van der Waals surface area contributed by atoms with Gasteiger partial charge in [0.1, 0.15) is 0 Å². The van der Waals surface area contributed by atoms with Gasteiger partial charge in [-0.15, -0.1) is 0 Å². The zero-order valence-corrected chi connectivity index (χ0v) is 17.4. The van der Waals surface area contributed by atoms with Gasteiger partial charge in [-0.1, -0.05) is 25.5 Å². The Morgan fingerprint density at radius 3 is 2.76 bits per heavy atom. The van der Waals surface area contributed by atoms with Crippen molar-refractivity contribution < 1.29 is 18.9 Å². The van der Waals surface area contributed by atoms with E-state index in [-0.39, 0.29) is 6.04 Å². The number of benzene rings is 2. The number of rotatable bonds is 7. The van der Waals surface area contributed by atoms with Crippen molar-refractivity contribution in [1.29, 1.82) is 0 Å². The Labute approximate surface area is 172 Å². The van der Waals surface area contributed by atoms with Crippen LogP contribution in [0, 0.1) is 6.92 Å². The van der Waals surface area contributed by atoms with E-state index >= 15 is 0 Å². The zero-order chi connectivity index (χ0) is 20.2. The number of fused-ring (bicyclic) bond motifs is 2. The monoisotopic (exact) mass is 395 g/mol. The molecule has 0 aromatic heterocycles. The van der Waals surface area contributed by atoms with Crippen molar-refractivity contribution in [3.8, 4) is 23.0 Å². The van der Waals surface area contributed by atoms with Crippen LogP contribution in [-0.4, -0.2) is 27.1 Å². The summed E-state index contributed by atoms with van der Waals surface area (Å²) in [5, 5.41) is 3.60. The fraction of sp³-hybridized carbons (Fsp3) is 0.417. The number of ether oxygens (including phenoxy) is 4. The molecule has 0 saturated carbocycles. The predicted molar refractivity (Wildman–Crippen MR) is 114 cm³/mol. The van der Waals surface area contributed by atoms with Crippen molar-refractivity contribution in [2.75, 3.05) is 27.1 Å². The molecule has 2 aromatic carbocycles. The maximum atomic E-state index is 5.97. The zero-order valence-electron chi connectivity index (χ0n) is 17.4. The normalized spacial score (nSPS) is 17.4. The number of unbranched alkanes of at least 4 members (excludes halogenated alkanes) is 1. The molecule has 2 aromatic rings. The Kier molecular flexibility index (Phi) is 5.95. The van der Waals surface area contributed by atoms with Crippen LogP contribution >= 0.6 is 0 Å². The third kappa shape index (κ3) is 4.20. The second-order valence-electron chi connectivity index (χ2n) is 7.51. The Bertz CT molecular complexity index is 906. The third-order valence-electron chi connectivity index (χ3n) is 5.50. The molecule has 1 atom stereocenters. The molecule has 2 aliphatic heterocycles. The molecule has 5 heteroatoms. The van der Waals surface area contributed by atoms with Gasteiger partial charge in [0.15, 0.2) is 23.0 Å². The molecule has 29 heavy (non-hydrogen) atoms. The second kappa shape index (κ2) is 8.78. The van der Waals surface area contributed by atoms with Crippen LogP contribution in [0.2, 0.25) is 0 Å².